The van der Waals surface area contributed by atoms with Gasteiger partial charge in [0.15, 0.2) is 0 Å². The van der Waals surface area contributed by atoms with Gasteiger partial charge in [0.25, 0.3) is 5.91 Å². The molecule has 31 heavy (non-hydrogen) atoms. The zero-order valence-electron chi connectivity index (χ0n) is 17.5. The average Bonchev–Trinajstić information content (AvgIpc) is 2.96. The molecule has 1 aromatic rings. The number of anilines is 1. The van der Waals surface area contributed by atoms with E-state index in [9.17, 15) is 27.6 Å². The number of alkyl halides is 3. The second-order valence-electron chi connectivity index (χ2n) is 7.97. The number of para-hydroxylation sites is 1. The molecule has 8 nitrogen and oxygen atoms in total. The Bertz CT molecular complexity index is 838. The maximum absolute atomic E-state index is 13.1. The minimum Gasteiger partial charge on any atom is -0.324 e. The minimum atomic E-state index is -4.55. The van der Waals surface area contributed by atoms with Crippen molar-refractivity contribution in [1.29, 1.82) is 0 Å². The number of benzene rings is 1. The number of urea groups is 1. The van der Waals surface area contributed by atoms with Crippen molar-refractivity contribution in [2.45, 2.75) is 26.1 Å². The van der Waals surface area contributed by atoms with Gasteiger partial charge in [-0.1, -0.05) is 12.1 Å². The molecule has 0 bridgehead atoms. The van der Waals surface area contributed by atoms with E-state index in [1.807, 2.05) is 9.80 Å². The Kier molecular flexibility index (Phi) is 6.85. The first kappa shape index (κ1) is 23.0. The fraction of sp³-hybridized carbons (Fsp3) is 0.550. The number of hydrogen-bond acceptors (Lipinski definition) is 5. The number of carbonyl (C=O) groups excluding carboxylic acids is 3. The summed E-state index contributed by atoms with van der Waals surface area (Å²) in [5.74, 6) is -0.729. The molecule has 3 rings (SSSR count). The van der Waals surface area contributed by atoms with Crippen LogP contribution in [0.15, 0.2) is 24.3 Å². The first-order valence-corrected chi connectivity index (χ1v) is 10.1. The molecule has 0 saturated carbocycles. The van der Waals surface area contributed by atoms with Crippen molar-refractivity contribution >= 4 is 23.5 Å². The lowest BCUT2D eigenvalue weighted by molar-refractivity contribution is -0.137. The predicted molar refractivity (Wildman–Crippen MR) is 107 cm³/mol. The van der Waals surface area contributed by atoms with Crippen LogP contribution in [0.1, 0.15) is 19.4 Å². The zero-order chi connectivity index (χ0) is 22.8. The first-order chi connectivity index (χ1) is 14.6. The third-order valence-electron chi connectivity index (χ3n) is 5.30. The maximum Gasteiger partial charge on any atom is 0.418 e. The highest BCUT2D eigenvalue weighted by atomic mass is 19.4. The Morgan fingerprint density at radius 3 is 2.26 bits per heavy atom. The number of imide groups is 1. The van der Waals surface area contributed by atoms with Gasteiger partial charge < -0.3 is 10.2 Å². The van der Waals surface area contributed by atoms with Crippen LogP contribution in [0.5, 0.6) is 0 Å². The number of amides is 4. The molecule has 2 heterocycles. The molecular weight excluding hydrogens is 415 g/mol. The van der Waals surface area contributed by atoms with Crippen LogP contribution in [-0.2, 0) is 15.8 Å². The Morgan fingerprint density at radius 2 is 1.68 bits per heavy atom. The van der Waals surface area contributed by atoms with E-state index in [0.29, 0.717) is 32.8 Å². The van der Waals surface area contributed by atoms with E-state index in [-0.39, 0.29) is 36.8 Å². The lowest BCUT2D eigenvalue weighted by atomic mass is 10.1. The first-order valence-electron chi connectivity index (χ1n) is 10.1. The monoisotopic (exact) mass is 441 g/mol. The SMILES string of the molecule is CC(C)N1C(=O)CN(CN2CCN(CC(=O)Nc3ccccc3C(F)(F)F)CC2)C1=O. The van der Waals surface area contributed by atoms with Crippen LogP contribution >= 0.6 is 0 Å². The quantitative estimate of drug-likeness (QED) is 0.683. The van der Waals surface area contributed by atoms with Gasteiger partial charge in [-0.05, 0) is 26.0 Å². The van der Waals surface area contributed by atoms with E-state index in [2.05, 4.69) is 5.32 Å². The molecule has 0 spiro atoms. The third-order valence-corrected chi connectivity index (χ3v) is 5.30. The predicted octanol–water partition coefficient (Wildman–Crippen LogP) is 1.89. The number of nitrogens with one attached hydrogen (secondary N) is 1. The molecule has 0 atom stereocenters. The van der Waals surface area contributed by atoms with Gasteiger partial charge in [-0.3, -0.25) is 24.3 Å². The van der Waals surface area contributed by atoms with Crippen LogP contribution in [0, 0.1) is 0 Å². The van der Waals surface area contributed by atoms with Gasteiger partial charge >= 0.3 is 12.2 Å². The number of carbonyl (C=O) groups is 3. The van der Waals surface area contributed by atoms with E-state index in [0.717, 1.165) is 6.07 Å². The van der Waals surface area contributed by atoms with Gasteiger partial charge in [0, 0.05) is 32.2 Å². The van der Waals surface area contributed by atoms with Crippen molar-refractivity contribution in [3.05, 3.63) is 29.8 Å². The van der Waals surface area contributed by atoms with Gasteiger partial charge in [-0.15, -0.1) is 0 Å². The van der Waals surface area contributed by atoms with E-state index in [1.165, 1.54) is 28.0 Å². The van der Waals surface area contributed by atoms with E-state index in [4.69, 9.17) is 0 Å². The van der Waals surface area contributed by atoms with Crippen LogP contribution in [0.2, 0.25) is 0 Å². The molecule has 170 valence electrons. The Labute approximate surface area is 178 Å². The molecule has 11 heteroatoms. The van der Waals surface area contributed by atoms with Crippen molar-refractivity contribution in [2.75, 3.05) is 51.3 Å². The van der Waals surface area contributed by atoms with E-state index in [1.54, 1.807) is 13.8 Å². The van der Waals surface area contributed by atoms with Gasteiger partial charge in [-0.25, -0.2) is 4.79 Å². The van der Waals surface area contributed by atoms with Crippen molar-refractivity contribution in [1.82, 2.24) is 19.6 Å². The second-order valence-corrected chi connectivity index (χ2v) is 7.97. The molecule has 0 aliphatic carbocycles. The lowest BCUT2D eigenvalue weighted by Gasteiger charge is -2.36. The molecule has 0 unspecified atom stereocenters. The maximum atomic E-state index is 13.1. The molecule has 4 amide bonds. The number of nitrogens with zero attached hydrogens (tertiary/aromatic N) is 4. The van der Waals surface area contributed by atoms with Crippen LogP contribution in [0.4, 0.5) is 23.7 Å². The molecule has 0 radical (unpaired) electrons. The number of piperazine rings is 1. The Balaban J connectivity index is 1.47. The average molecular weight is 441 g/mol. The summed E-state index contributed by atoms with van der Waals surface area (Å²) >= 11 is 0. The zero-order valence-corrected chi connectivity index (χ0v) is 17.5. The summed E-state index contributed by atoms with van der Waals surface area (Å²) < 4.78 is 39.2. The summed E-state index contributed by atoms with van der Waals surface area (Å²) in [5, 5.41) is 2.35. The third kappa shape index (κ3) is 5.53. The normalized spacial score (nSPS) is 18.9. The standard InChI is InChI=1S/C20H26F3N5O3/c1-14(2)28-18(30)12-27(19(28)31)13-26-9-7-25(8-10-26)11-17(29)24-16-6-4-3-5-15(16)20(21,22)23/h3-6,14H,7-13H2,1-2H3,(H,24,29). The highest BCUT2D eigenvalue weighted by Gasteiger charge is 2.38. The molecule has 1 N–H and O–H groups in total. The summed E-state index contributed by atoms with van der Waals surface area (Å²) in [4.78, 5) is 43.3. The molecule has 2 saturated heterocycles. The summed E-state index contributed by atoms with van der Waals surface area (Å²) in [6.07, 6.45) is -4.55. The van der Waals surface area contributed by atoms with Gasteiger partial charge in [0.05, 0.1) is 24.5 Å². The highest BCUT2D eigenvalue weighted by molar-refractivity contribution is 6.02. The largest absolute Gasteiger partial charge is 0.418 e. The fourth-order valence-corrected chi connectivity index (χ4v) is 3.75. The van der Waals surface area contributed by atoms with Gasteiger partial charge in [-0.2, -0.15) is 13.2 Å². The van der Waals surface area contributed by atoms with Crippen molar-refractivity contribution in [3.63, 3.8) is 0 Å². The molecule has 2 aliphatic rings. The Morgan fingerprint density at radius 1 is 1.06 bits per heavy atom. The van der Waals surface area contributed by atoms with Gasteiger partial charge in [0.2, 0.25) is 5.91 Å². The fourth-order valence-electron chi connectivity index (χ4n) is 3.75. The topological polar surface area (TPSA) is 76.2 Å². The van der Waals surface area contributed by atoms with Crippen LogP contribution < -0.4 is 5.32 Å². The number of hydrogen-bond donors (Lipinski definition) is 1. The number of halogens is 3. The molecule has 1 aromatic carbocycles. The van der Waals surface area contributed by atoms with Crippen LogP contribution in [0.25, 0.3) is 0 Å². The van der Waals surface area contributed by atoms with Crippen molar-refractivity contribution in [3.8, 4) is 0 Å². The molecule has 0 aromatic heterocycles. The van der Waals surface area contributed by atoms with Crippen LogP contribution in [-0.4, -0.2) is 89.4 Å². The second kappa shape index (κ2) is 9.23. The number of rotatable bonds is 6. The highest BCUT2D eigenvalue weighted by Crippen LogP contribution is 2.34. The summed E-state index contributed by atoms with van der Waals surface area (Å²) in [5.41, 5.74) is -1.14. The molecule has 2 fully saturated rings. The smallest absolute Gasteiger partial charge is 0.324 e. The van der Waals surface area contributed by atoms with Crippen molar-refractivity contribution in [2.24, 2.45) is 0 Å². The molecule has 2 aliphatic heterocycles. The summed E-state index contributed by atoms with van der Waals surface area (Å²) in [6.45, 7) is 6.13. The van der Waals surface area contributed by atoms with E-state index < -0.39 is 17.6 Å². The summed E-state index contributed by atoms with van der Waals surface area (Å²) in [6, 6.07) is 4.38. The Hall–Kier alpha value is -2.66. The van der Waals surface area contributed by atoms with Crippen molar-refractivity contribution < 1.29 is 27.6 Å². The van der Waals surface area contributed by atoms with Gasteiger partial charge in [0.1, 0.15) is 6.54 Å². The lowest BCUT2D eigenvalue weighted by Crippen LogP contribution is -2.52. The molecular formula is C20H26F3N5O3. The minimum absolute atomic E-state index is 0.0255. The summed E-state index contributed by atoms with van der Waals surface area (Å²) in [7, 11) is 0. The van der Waals surface area contributed by atoms with E-state index >= 15 is 0 Å². The van der Waals surface area contributed by atoms with Crippen LogP contribution in [0.3, 0.4) is 0 Å².